The highest BCUT2D eigenvalue weighted by molar-refractivity contribution is 6.05. The molecule has 1 aliphatic heterocycles. The third kappa shape index (κ3) is 3.30. The van der Waals surface area contributed by atoms with E-state index < -0.39 is 17.3 Å². The molecule has 3 N–H and O–H groups in total. The molecular weight excluding hydrogens is 319 g/mol. The molecule has 0 bridgehead atoms. The minimum absolute atomic E-state index is 0.00441. The number of nitrogens with one attached hydrogen (secondary N) is 2. The molecule has 0 aromatic heterocycles. The van der Waals surface area contributed by atoms with E-state index in [4.69, 9.17) is 0 Å². The third-order valence-electron chi connectivity index (χ3n) is 4.91. The summed E-state index contributed by atoms with van der Waals surface area (Å²) < 4.78 is 13.7. The Bertz CT molecular complexity index is 804. The molecule has 1 heterocycles. The Balaban J connectivity index is 1.71. The van der Waals surface area contributed by atoms with Crippen molar-refractivity contribution in [2.45, 2.75) is 38.3 Å². The van der Waals surface area contributed by atoms with Gasteiger partial charge in [0.25, 0.3) is 0 Å². The number of carbonyl (C=O) groups is 1. The van der Waals surface area contributed by atoms with E-state index in [1.165, 1.54) is 6.07 Å². The van der Waals surface area contributed by atoms with Crippen molar-refractivity contribution in [1.82, 2.24) is 5.32 Å². The fourth-order valence-corrected chi connectivity index (χ4v) is 3.12. The molecule has 0 fully saturated rings. The van der Waals surface area contributed by atoms with Crippen molar-refractivity contribution in [3.8, 4) is 0 Å². The van der Waals surface area contributed by atoms with Crippen molar-refractivity contribution < 1.29 is 14.3 Å². The van der Waals surface area contributed by atoms with Gasteiger partial charge in [-0.05, 0) is 44.0 Å². The molecule has 132 valence electrons. The van der Waals surface area contributed by atoms with Gasteiger partial charge in [-0.2, -0.15) is 0 Å². The van der Waals surface area contributed by atoms with Crippen molar-refractivity contribution in [2.24, 2.45) is 0 Å². The van der Waals surface area contributed by atoms with Crippen molar-refractivity contribution in [2.75, 3.05) is 11.9 Å². The Morgan fingerprint density at radius 3 is 2.68 bits per heavy atom. The molecule has 1 amide bonds. The topological polar surface area (TPSA) is 61.4 Å². The molecule has 5 heteroatoms. The first-order valence-corrected chi connectivity index (χ1v) is 8.42. The molecule has 0 radical (unpaired) electrons. The number of aliphatic hydroxyl groups excluding tert-OH is 1. The molecule has 4 nitrogen and oxygen atoms in total. The minimum atomic E-state index is -0.919. The van der Waals surface area contributed by atoms with Crippen LogP contribution in [0.4, 0.5) is 10.1 Å². The molecule has 0 aliphatic carbocycles. The molecule has 2 unspecified atom stereocenters. The lowest BCUT2D eigenvalue weighted by Gasteiger charge is -2.20. The number of anilines is 1. The lowest BCUT2D eigenvalue weighted by molar-refractivity contribution is -0.119. The average molecular weight is 342 g/mol. The van der Waals surface area contributed by atoms with E-state index in [-0.39, 0.29) is 24.1 Å². The van der Waals surface area contributed by atoms with E-state index >= 15 is 0 Å². The number of fused-ring (bicyclic) bond motifs is 1. The number of halogens is 1. The van der Waals surface area contributed by atoms with Crippen molar-refractivity contribution in [1.29, 1.82) is 0 Å². The highest BCUT2D eigenvalue weighted by Crippen LogP contribution is 2.38. The summed E-state index contributed by atoms with van der Waals surface area (Å²) in [4.78, 5) is 12.0. The molecule has 25 heavy (non-hydrogen) atoms. The summed E-state index contributed by atoms with van der Waals surface area (Å²) in [5.41, 5.74) is 2.56. The molecule has 3 rings (SSSR count). The second kappa shape index (κ2) is 6.58. The predicted octanol–water partition coefficient (Wildman–Crippen LogP) is 3.44. The van der Waals surface area contributed by atoms with E-state index in [9.17, 15) is 14.3 Å². The predicted molar refractivity (Wildman–Crippen MR) is 95.9 cm³/mol. The summed E-state index contributed by atoms with van der Waals surface area (Å²) in [7, 11) is 0. The summed E-state index contributed by atoms with van der Waals surface area (Å²) >= 11 is 0. The normalized spacial score (nSPS) is 17.7. The zero-order chi connectivity index (χ0) is 18.2. The fraction of sp³-hybridized carbons (Fsp3) is 0.350. The quantitative estimate of drug-likeness (QED) is 0.780. The van der Waals surface area contributed by atoms with Gasteiger partial charge in [-0.25, -0.2) is 4.39 Å². The number of rotatable bonds is 5. The maximum absolute atomic E-state index is 13.7. The maximum Gasteiger partial charge on any atom is 0.234 e. The van der Waals surface area contributed by atoms with Gasteiger partial charge in [0.1, 0.15) is 5.82 Å². The van der Waals surface area contributed by atoms with E-state index in [0.717, 1.165) is 16.8 Å². The zero-order valence-electron chi connectivity index (χ0n) is 14.6. The summed E-state index contributed by atoms with van der Waals surface area (Å²) in [5, 5.41) is 16.3. The summed E-state index contributed by atoms with van der Waals surface area (Å²) in [5.74, 6) is -0.413. The highest BCUT2D eigenvalue weighted by Gasteiger charge is 2.38. The van der Waals surface area contributed by atoms with Crippen molar-refractivity contribution in [3.63, 3.8) is 0 Å². The Morgan fingerprint density at radius 1 is 1.24 bits per heavy atom. The van der Waals surface area contributed by atoms with Gasteiger partial charge in [0.05, 0.1) is 11.5 Å². The number of hydrogen-bond donors (Lipinski definition) is 3. The zero-order valence-corrected chi connectivity index (χ0v) is 14.6. The Labute approximate surface area is 147 Å². The van der Waals surface area contributed by atoms with E-state index in [1.54, 1.807) is 18.2 Å². The SMILES string of the molecule is CC(NCC(O)c1ccccc1F)c1ccc2c(c1)C(C)(C)C(=O)N2. The summed E-state index contributed by atoms with van der Waals surface area (Å²) in [6.07, 6.45) is -0.919. The molecular formula is C20H23FN2O2. The van der Waals surface area contributed by atoms with Gasteiger partial charge in [-0.3, -0.25) is 4.79 Å². The first kappa shape index (κ1) is 17.6. The van der Waals surface area contributed by atoms with E-state index in [2.05, 4.69) is 10.6 Å². The van der Waals surface area contributed by atoms with Gasteiger partial charge in [-0.1, -0.05) is 30.3 Å². The standard InChI is InChI=1S/C20H23FN2O2/c1-12(22-11-18(24)14-6-4-5-7-16(14)21)13-8-9-17-15(10-13)20(2,3)19(25)23-17/h4-10,12,18,22,24H,11H2,1-3H3,(H,23,25). The van der Waals surface area contributed by atoms with Crippen LogP contribution in [0, 0.1) is 5.82 Å². The lowest BCUT2D eigenvalue weighted by atomic mass is 9.85. The second-order valence-electron chi connectivity index (χ2n) is 7.05. The van der Waals surface area contributed by atoms with Gasteiger partial charge >= 0.3 is 0 Å². The lowest BCUT2D eigenvalue weighted by Crippen LogP contribution is -2.27. The van der Waals surface area contributed by atoms with E-state index in [0.29, 0.717) is 0 Å². The first-order valence-electron chi connectivity index (χ1n) is 8.42. The van der Waals surface area contributed by atoms with Gasteiger partial charge in [0, 0.05) is 23.8 Å². The molecule has 1 aliphatic rings. The summed E-state index contributed by atoms with van der Waals surface area (Å²) in [6.45, 7) is 6.02. The largest absolute Gasteiger partial charge is 0.387 e. The monoisotopic (exact) mass is 342 g/mol. The molecule has 2 atom stereocenters. The number of aliphatic hydroxyl groups is 1. The number of hydrogen-bond acceptors (Lipinski definition) is 3. The van der Waals surface area contributed by atoms with Crippen LogP contribution >= 0.6 is 0 Å². The fourth-order valence-electron chi connectivity index (χ4n) is 3.12. The second-order valence-corrected chi connectivity index (χ2v) is 7.05. The van der Waals surface area contributed by atoms with E-state index in [1.807, 2.05) is 39.0 Å². The maximum atomic E-state index is 13.7. The van der Waals surface area contributed by atoms with Crippen LogP contribution in [0.25, 0.3) is 0 Å². The molecule has 0 spiro atoms. The molecule has 0 saturated carbocycles. The van der Waals surface area contributed by atoms with Crippen LogP contribution < -0.4 is 10.6 Å². The van der Waals surface area contributed by atoms with Crippen molar-refractivity contribution >= 4 is 11.6 Å². The van der Waals surface area contributed by atoms with Gasteiger partial charge in [0.2, 0.25) is 5.91 Å². The highest BCUT2D eigenvalue weighted by atomic mass is 19.1. The van der Waals surface area contributed by atoms with Crippen molar-refractivity contribution in [3.05, 3.63) is 65.0 Å². The third-order valence-corrected chi connectivity index (χ3v) is 4.91. The smallest absolute Gasteiger partial charge is 0.234 e. The Kier molecular flexibility index (Phi) is 4.62. The summed E-state index contributed by atoms with van der Waals surface area (Å²) in [6, 6.07) is 12.1. The number of carbonyl (C=O) groups excluding carboxylic acids is 1. The Hall–Kier alpha value is -2.24. The van der Waals surface area contributed by atoms with Crippen LogP contribution in [0.15, 0.2) is 42.5 Å². The van der Waals surface area contributed by atoms with Gasteiger partial charge < -0.3 is 15.7 Å². The van der Waals surface area contributed by atoms with Crippen LogP contribution in [-0.2, 0) is 10.2 Å². The average Bonchev–Trinajstić information content (AvgIpc) is 2.82. The number of benzene rings is 2. The van der Waals surface area contributed by atoms with Crippen LogP contribution in [0.5, 0.6) is 0 Å². The molecule has 0 saturated heterocycles. The van der Waals surface area contributed by atoms with Gasteiger partial charge in [-0.15, -0.1) is 0 Å². The van der Waals surface area contributed by atoms with Crippen LogP contribution in [0.1, 0.15) is 49.6 Å². The van der Waals surface area contributed by atoms with Gasteiger partial charge in [0.15, 0.2) is 0 Å². The molecule has 2 aromatic carbocycles. The van der Waals surface area contributed by atoms with Crippen LogP contribution in [-0.4, -0.2) is 17.6 Å². The first-order chi connectivity index (χ1) is 11.8. The minimum Gasteiger partial charge on any atom is -0.387 e. The van der Waals surface area contributed by atoms with Crippen LogP contribution in [0.2, 0.25) is 0 Å². The Morgan fingerprint density at radius 2 is 1.96 bits per heavy atom. The number of amides is 1. The molecule has 2 aromatic rings. The van der Waals surface area contributed by atoms with Crippen LogP contribution in [0.3, 0.4) is 0 Å².